The van der Waals surface area contributed by atoms with E-state index in [4.69, 9.17) is 10.8 Å². The van der Waals surface area contributed by atoms with Crippen LogP contribution in [0.4, 0.5) is 13.2 Å². The molecule has 1 rings (SSSR count). The van der Waals surface area contributed by atoms with Crippen molar-refractivity contribution in [2.45, 2.75) is 37.6 Å². The molecule has 0 aliphatic heterocycles. The number of likely N-dealkylation sites (N-methyl/N-ethyl adjacent to an activating group) is 1. The maximum atomic E-state index is 12.5. The Hall–Kier alpha value is -0.820. The van der Waals surface area contributed by atoms with Crippen molar-refractivity contribution in [2.75, 3.05) is 13.6 Å². The molecule has 100 valence electrons. The molecule has 17 heavy (non-hydrogen) atoms. The van der Waals surface area contributed by atoms with Crippen LogP contribution < -0.4 is 5.73 Å². The third-order valence-electron chi connectivity index (χ3n) is 3.12. The Morgan fingerprint density at radius 3 is 2.29 bits per heavy atom. The van der Waals surface area contributed by atoms with Crippen LogP contribution in [0.3, 0.4) is 0 Å². The average Bonchev–Trinajstić information content (AvgIpc) is 2.12. The topological polar surface area (TPSA) is 66.6 Å². The number of rotatable bonds is 3. The first-order valence-electron chi connectivity index (χ1n) is 5.35. The first-order valence-corrected chi connectivity index (χ1v) is 5.35. The van der Waals surface area contributed by atoms with Gasteiger partial charge >= 0.3 is 6.18 Å². The molecule has 0 heterocycles. The lowest BCUT2D eigenvalue weighted by molar-refractivity contribution is -0.193. The van der Waals surface area contributed by atoms with Gasteiger partial charge in [-0.15, -0.1) is 0 Å². The second-order valence-corrected chi connectivity index (χ2v) is 4.88. The Kier molecular flexibility index (Phi) is 3.73. The van der Waals surface area contributed by atoms with Gasteiger partial charge in [0.2, 0.25) is 0 Å². The fourth-order valence-electron chi connectivity index (χ4n) is 1.84. The van der Waals surface area contributed by atoms with Gasteiger partial charge in [0.25, 0.3) is 5.91 Å². The molecule has 3 N–H and O–H groups in total. The molecular formula is C10H17F3N2O2. The zero-order chi connectivity index (χ0) is 13.4. The van der Waals surface area contributed by atoms with Gasteiger partial charge in [0.15, 0.2) is 5.54 Å². The molecule has 0 aromatic carbocycles. The standard InChI is InChI=1S/C10H17F3N2O2/c1-9(14,10(11,12)13)8(17)15(2)5-6-3-7(16)4-6/h6-7,16H,3-5,14H2,1-2H3. The molecule has 1 fully saturated rings. The van der Waals surface area contributed by atoms with E-state index in [2.05, 4.69) is 0 Å². The fourth-order valence-corrected chi connectivity index (χ4v) is 1.84. The molecule has 1 aliphatic carbocycles. The van der Waals surface area contributed by atoms with Crippen LogP contribution >= 0.6 is 0 Å². The molecule has 0 aromatic heterocycles. The lowest BCUT2D eigenvalue weighted by Crippen LogP contribution is -2.62. The minimum atomic E-state index is -4.77. The molecule has 1 amide bonds. The van der Waals surface area contributed by atoms with E-state index in [0.717, 1.165) is 4.90 Å². The Labute approximate surface area is 97.6 Å². The summed E-state index contributed by atoms with van der Waals surface area (Å²) in [6.07, 6.45) is -4.12. The highest BCUT2D eigenvalue weighted by atomic mass is 19.4. The number of nitrogens with zero attached hydrogens (tertiary/aromatic N) is 1. The van der Waals surface area contributed by atoms with Crippen molar-refractivity contribution in [3.8, 4) is 0 Å². The van der Waals surface area contributed by atoms with Crippen molar-refractivity contribution in [3.05, 3.63) is 0 Å². The summed E-state index contributed by atoms with van der Waals surface area (Å²) in [6.45, 7) is 0.861. The van der Waals surface area contributed by atoms with Crippen LogP contribution in [0, 0.1) is 5.92 Å². The van der Waals surface area contributed by atoms with Gasteiger partial charge in [-0.1, -0.05) is 0 Å². The van der Waals surface area contributed by atoms with E-state index in [1.165, 1.54) is 7.05 Å². The second-order valence-electron chi connectivity index (χ2n) is 4.88. The number of aliphatic hydroxyl groups is 1. The van der Waals surface area contributed by atoms with E-state index in [1.807, 2.05) is 0 Å². The maximum Gasteiger partial charge on any atom is 0.415 e. The molecular weight excluding hydrogens is 237 g/mol. The highest BCUT2D eigenvalue weighted by Gasteiger charge is 2.55. The summed E-state index contributed by atoms with van der Waals surface area (Å²) in [5, 5.41) is 9.05. The minimum absolute atomic E-state index is 0.0583. The SMILES string of the molecule is CN(CC1CC(O)C1)C(=O)C(C)(N)C(F)(F)F. The number of amides is 1. The summed E-state index contributed by atoms with van der Waals surface area (Å²) in [5.41, 5.74) is 2.18. The van der Waals surface area contributed by atoms with Crippen LogP contribution in [0.15, 0.2) is 0 Å². The minimum Gasteiger partial charge on any atom is -0.393 e. The number of hydrogen-bond donors (Lipinski definition) is 2. The zero-order valence-electron chi connectivity index (χ0n) is 9.79. The van der Waals surface area contributed by atoms with E-state index in [-0.39, 0.29) is 12.5 Å². The van der Waals surface area contributed by atoms with Crippen LogP contribution in [0.1, 0.15) is 19.8 Å². The molecule has 7 heteroatoms. The molecule has 1 aliphatic rings. The van der Waals surface area contributed by atoms with Gasteiger partial charge < -0.3 is 15.7 Å². The summed E-state index contributed by atoms with van der Waals surface area (Å²) in [5.74, 6) is -1.09. The summed E-state index contributed by atoms with van der Waals surface area (Å²) in [4.78, 5) is 12.6. The number of alkyl halides is 3. The smallest absolute Gasteiger partial charge is 0.393 e. The van der Waals surface area contributed by atoms with Gasteiger partial charge in [0, 0.05) is 13.6 Å². The van der Waals surface area contributed by atoms with Gasteiger partial charge in [-0.3, -0.25) is 4.79 Å². The number of aliphatic hydroxyl groups excluding tert-OH is 1. The van der Waals surface area contributed by atoms with E-state index >= 15 is 0 Å². The molecule has 0 aromatic rings. The normalized spacial score (nSPS) is 28.2. The number of hydrogen-bond acceptors (Lipinski definition) is 3. The van der Waals surface area contributed by atoms with Crippen LogP contribution in [0.5, 0.6) is 0 Å². The number of carbonyl (C=O) groups excluding carboxylic acids is 1. The lowest BCUT2D eigenvalue weighted by Gasteiger charge is -2.37. The zero-order valence-corrected chi connectivity index (χ0v) is 9.79. The largest absolute Gasteiger partial charge is 0.415 e. The molecule has 4 nitrogen and oxygen atoms in total. The van der Waals surface area contributed by atoms with Crippen molar-refractivity contribution in [1.82, 2.24) is 4.90 Å². The Balaban J connectivity index is 2.57. The summed E-state index contributed by atoms with van der Waals surface area (Å²) >= 11 is 0. The van der Waals surface area contributed by atoms with Gasteiger partial charge in [-0.2, -0.15) is 13.2 Å². The molecule has 0 bridgehead atoms. The van der Waals surface area contributed by atoms with Gasteiger partial charge in [0.1, 0.15) is 0 Å². The lowest BCUT2D eigenvalue weighted by atomic mass is 9.82. The van der Waals surface area contributed by atoms with Crippen molar-refractivity contribution in [2.24, 2.45) is 11.7 Å². The van der Waals surface area contributed by atoms with Crippen LogP contribution in [0.25, 0.3) is 0 Å². The molecule has 1 atom stereocenters. The third-order valence-corrected chi connectivity index (χ3v) is 3.12. The van der Waals surface area contributed by atoms with Crippen molar-refractivity contribution < 1.29 is 23.1 Å². The third kappa shape index (κ3) is 2.90. The molecule has 0 saturated heterocycles. The quantitative estimate of drug-likeness (QED) is 0.770. The first-order chi connectivity index (χ1) is 7.55. The van der Waals surface area contributed by atoms with Crippen molar-refractivity contribution in [3.63, 3.8) is 0 Å². The maximum absolute atomic E-state index is 12.5. The van der Waals surface area contributed by atoms with E-state index < -0.39 is 23.7 Å². The number of halogens is 3. The first kappa shape index (κ1) is 14.2. The van der Waals surface area contributed by atoms with Crippen molar-refractivity contribution >= 4 is 5.91 Å². The van der Waals surface area contributed by atoms with Crippen LogP contribution in [0.2, 0.25) is 0 Å². The monoisotopic (exact) mass is 254 g/mol. The van der Waals surface area contributed by atoms with Crippen molar-refractivity contribution in [1.29, 1.82) is 0 Å². The highest BCUT2D eigenvalue weighted by molar-refractivity contribution is 5.86. The van der Waals surface area contributed by atoms with Crippen LogP contribution in [-0.4, -0.2) is 47.3 Å². The Morgan fingerprint density at radius 2 is 1.94 bits per heavy atom. The summed E-state index contributed by atoms with van der Waals surface area (Å²) < 4.78 is 37.6. The van der Waals surface area contributed by atoms with Gasteiger partial charge in [-0.05, 0) is 25.7 Å². The Bertz CT molecular complexity index is 298. The van der Waals surface area contributed by atoms with E-state index in [9.17, 15) is 18.0 Å². The fraction of sp³-hybridized carbons (Fsp3) is 0.900. The van der Waals surface area contributed by atoms with E-state index in [0.29, 0.717) is 19.8 Å². The average molecular weight is 254 g/mol. The molecule has 1 saturated carbocycles. The highest BCUT2D eigenvalue weighted by Crippen LogP contribution is 2.31. The summed E-state index contributed by atoms with van der Waals surface area (Å²) in [7, 11) is 1.30. The number of carbonyl (C=O) groups is 1. The van der Waals surface area contributed by atoms with Gasteiger partial charge in [0.05, 0.1) is 6.10 Å². The second kappa shape index (κ2) is 4.45. The van der Waals surface area contributed by atoms with E-state index in [1.54, 1.807) is 0 Å². The van der Waals surface area contributed by atoms with Gasteiger partial charge in [-0.25, -0.2) is 0 Å². The molecule has 1 unspecified atom stereocenters. The molecule has 0 radical (unpaired) electrons. The van der Waals surface area contributed by atoms with Crippen LogP contribution in [-0.2, 0) is 4.79 Å². The number of nitrogens with two attached hydrogens (primary N) is 1. The predicted octanol–water partition coefficient (Wildman–Crippen LogP) is 0.495. The predicted molar refractivity (Wildman–Crippen MR) is 55.0 cm³/mol. The summed E-state index contributed by atoms with van der Waals surface area (Å²) in [6, 6.07) is 0. The molecule has 0 spiro atoms. The Morgan fingerprint density at radius 1 is 1.47 bits per heavy atom.